The fraction of sp³-hybridized carbons (Fsp3) is 0.533. The average Bonchev–Trinajstić information content (AvgIpc) is 3.24. The first-order chi connectivity index (χ1) is 10.9. The van der Waals surface area contributed by atoms with Gasteiger partial charge < -0.3 is 4.90 Å². The zero-order valence-corrected chi connectivity index (χ0v) is 15.5. The summed E-state index contributed by atoms with van der Waals surface area (Å²) in [5.74, 6) is 0.502. The van der Waals surface area contributed by atoms with Gasteiger partial charge in [0.05, 0.1) is 22.3 Å². The van der Waals surface area contributed by atoms with Crippen molar-refractivity contribution in [1.82, 2.24) is 4.90 Å². The summed E-state index contributed by atoms with van der Waals surface area (Å²) in [6.45, 7) is 0. The molecule has 0 aromatic heterocycles. The van der Waals surface area contributed by atoms with Crippen LogP contribution in [0.4, 0.5) is 0 Å². The highest BCUT2D eigenvalue weighted by Crippen LogP contribution is 2.34. The molecule has 1 atom stereocenters. The van der Waals surface area contributed by atoms with Gasteiger partial charge in [0, 0.05) is 22.0 Å². The van der Waals surface area contributed by atoms with Gasteiger partial charge in [0.25, 0.3) is 0 Å². The highest BCUT2D eigenvalue weighted by molar-refractivity contribution is 8.00. The minimum atomic E-state index is -3.00. The van der Waals surface area contributed by atoms with Gasteiger partial charge in [-0.05, 0) is 37.5 Å². The molecule has 1 aromatic rings. The van der Waals surface area contributed by atoms with Crippen molar-refractivity contribution < 1.29 is 13.2 Å². The average molecular weight is 394 g/mol. The van der Waals surface area contributed by atoms with Crippen LogP contribution in [0.3, 0.4) is 0 Å². The van der Waals surface area contributed by atoms with Crippen LogP contribution < -0.4 is 0 Å². The minimum Gasteiger partial charge on any atom is -0.335 e. The molecule has 1 aliphatic heterocycles. The Morgan fingerprint density at radius 1 is 1.22 bits per heavy atom. The second kappa shape index (κ2) is 6.82. The molecule has 1 saturated heterocycles. The molecule has 4 nitrogen and oxygen atoms in total. The summed E-state index contributed by atoms with van der Waals surface area (Å²) in [6, 6.07) is 5.18. The van der Waals surface area contributed by atoms with E-state index in [4.69, 9.17) is 23.2 Å². The van der Waals surface area contributed by atoms with Gasteiger partial charge in [-0.1, -0.05) is 23.2 Å². The third-order valence-corrected chi connectivity index (χ3v) is 7.54. The molecule has 1 saturated carbocycles. The van der Waals surface area contributed by atoms with E-state index in [0.717, 1.165) is 17.7 Å². The van der Waals surface area contributed by atoms with Gasteiger partial charge in [-0.15, -0.1) is 11.8 Å². The minimum absolute atomic E-state index is 0.0179. The fourth-order valence-corrected chi connectivity index (χ4v) is 5.93. The maximum Gasteiger partial charge on any atom is 0.233 e. The van der Waals surface area contributed by atoms with Crippen LogP contribution in [0.25, 0.3) is 0 Å². The number of amides is 1. The molecule has 3 rings (SSSR count). The number of halogens is 2. The lowest BCUT2D eigenvalue weighted by Gasteiger charge is -2.28. The number of carbonyl (C=O) groups is 1. The zero-order chi connectivity index (χ0) is 16.6. The van der Waals surface area contributed by atoms with Gasteiger partial charge in [0.2, 0.25) is 5.91 Å². The van der Waals surface area contributed by atoms with E-state index in [0.29, 0.717) is 16.5 Å². The largest absolute Gasteiger partial charge is 0.335 e. The van der Waals surface area contributed by atoms with Crippen LogP contribution in [0.2, 0.25) is 10.0 Å². The van der Waals surface area contributed by atoms with Crippen LogP contribution in [-0.2, 0) is 14.6 Å². The van der Waals surface area contributed by atoms with Crippen molar-refractivity contribution in [3.63, 3.8) is 0 Å². The van der Waals surface area contributed by atoms with Crippen LogP contribution in [0, 0.1) is 0 Å². The number of thioether (sulfide) groups is 1. The molecule has 126 valence electrons. The molecule has 0 N–H and O–H groups in total. The maximum atomic E-state index is 12.6. The lowest BCUT2D eigenvalue weighted by molar-refractivity contribution is -0.130. The Labute approximate surface area is 150 Å². The fourth-order valence-electron chi connectivity index (χ4n) is 2.85. The van der Waals surface area contributed by atoms with Crippen molar-refractivity contribution in [2.75, 3.05) is 17.3 Å². The Morgan fingerprint density at radius 2 is 1.96 bits per heavy atom. The number of rotatable bonds is 5. The third-order valence-electron chi connectivity index (χ3n) is 4.07. The van der Waals surface area contributed by atoms with Crippen LogP contribution in [-0.4, -0.2) is 48.6 Å². The van der Waals surface area contributed by atoms with Gasteiger partial charge in [0.15, 0.2) is 9.84 Å². The molecule has 1 aliphatic carbocycles. The van der Waals surface area contributed by atoms with Gasteiger partial charge in [-0.3, -0.25) is 4.79 Å². The van der Waals surface area contributed by atoms with E-state index >= 15 is 0 Å². The summed E-state index contributed by atoms with van der Waals surface area (Å²) in [5.41, 5.74) is 0. The van der Waals surface area contributed by atoms with Crippen molar-refractivity contribution in [2.45, 2.75) is 36.2 Å². The van der Waals surface area contributed by atoms with Gasteiger partial charge >= 0.3 is 0 Å². The van der Waals surface area contributed by atoms with Crippen molar-refractivity contribution >= 4 is 50.7 Å². The lowest BCUT2D eigenvalue weighted by Crippen LogP contribution is -2.43. The number of hydrogen-bond donors (Lipinski definition) is 0. The second-order valence-electron chi connectivity index (χ2n) is 5.95. The van der Waals surface area contributed by atoms with E-state index in [1.165, 1.54) is 11.8 Å². The normalized spacial score (nSPS) is 23.0. The van der Waals surface area contributed by atoms with E-state index in [2.05, 4.69) is 0 Å². The monoisotopic (exact) mass is 393 g/mol. The molecule has 0 radical (unpaired) electrons. The SMILES string of the molecule is O=C(CSc1cc(Cl)ccc1Cl)N(C1CC1)C1CCS(=O)(=O)C1. The van der Waals surface area contributed by atoms with Crippen LogP contribution >= 0.6 is 35.0 Å². The van der Waals surface area contributed by atoms with Crippen molar-refractivity contribution in [3.8, 4) is 0 Å². The summed E-state index contributed by atoms with van der Waals surface area (Å²) in [4.78, 5) is 15.2. The molecule has 8 heteroatoms. The first-order valence-electron chi connectivity index (χ1n) is 7.45. The molecule has 1 amide bonds. The number of carbonyl (C=O) groups excluding carboxylic acids is 1. The highest BCUT2D eigenvalue weighted by Gasteiger charge is 2.41. The van der Waals surface area contributed by atoms with Crippen molar-refractivity contribution in [2.24, 2.45) is 0 Å². The Hall–Kier alpha value is -0.430. The second-order valence-corrected chi connectivity index (χ2v) is 10.0. The quantitative estimate of drug-likeness (QED) is 0.720. The highest BCUT2D eigenvalue weighted by atomic mass is 35.5. The van der Waals surface area contributed by atoms with Crippen molar-refractivity contribution in [3.05, 3.63) is 28.2 Å². The lowest BCUT2D eigenvalue weighted by atomic mass is 10.2. The van der Waals surface area contributed by atoms with Gasteiger partial charge in [0.1, 0.15) is 0 Å². The zero-order valence-electron chi connectivity index (χ0n) is 12.4. The molecule has 0 spiro atoms. The Balaban J connectivity index is 1.67. The van der Waals surface area contributed by atoms with E-state index < -0.39 is 9.84 Å². The van der Waals surface area contributed by atoms with Crippen molar-refractivity contribution in [1.29, 1.82) is 0 Å². The molecule has 1 unspecified atom stereocenters. The predicted octanol–water partition coefficient (Wildman–Crippen LogP) is 3.26. The smallest absolute Gasteiger partial charge is 0.233 e. The van der Waals surface area contributed by atoms with E-state index in [-0.39, 0.29) is 35.2 Å². The first kappa shape index (κ1) is 17.4. The molecular weight excluding hydrogens is 377 g/mol. The summed E-state index contributed by atoms with van der Waals surface area (Å²) >= 11 is 13.4. The summed E-state index contributed by atoms with van der Waals surface area (Å²) < 4.78 is 23.4. The maximum absolute atomic E-state index is 12.6. The Morgan fingerprint density at radius 3 is 2.57 bits per heavy atom. The summed E-state index contributed by atoms with van der Waals surface area (Å²) in [6.07, 6.45) is 2.48. The molecule has 1 heterocycles. The number of hydrogen-bond acceptors (Lipinski definition) is 4. The van der Waals surface area contributed by atoms with Crippen LogP contribution in [0.5, 0.6) is 0 Å². The molecule has 0 bridgehead atoms. The number of nitrogens with zero attached hydrogens (tertiary/aromatic N) is 1. The van der Waals surface area contributed by atoms with E-state index in [1.807, 2.05) is 0 Å². The third kappa shape index (κ3) is 4.35. The van der Waals surface area contributed by atoms with E-state index in [9.17, 15) is 13.2 Å². The number of benzene rings is 1. The summed E-state index contributed by atoms with van der Waals surface area (Å²) in [7, 11) is -3.00. The standard InChI is InChI=1S/C15H17Cl2NO3S2/c16-10-1-4-13(17)14(7-10)22-8-15(19)18(11-2-3-11)12-5-6-23(20,21)9-12/h1,4,7,11-12H,2-3,5-6,8-9H2. The van der Waals surface area contributed by atoms with Gasteiger partial charge in [-0.2, -0.15) is 0 Å². The Bertz CT molecular complexity index is 719. The number of sulfone groups is 1. The van der Waals surface area contributed by atoms with E-state index in [1.54, 1.807) is 23.1 Å². The molecule has 1 aromatic carbocycles. The molecular formula is C15H17Cl2NO3S2. The first-order valence-corrected chi connectivity index (χ1v) is 11.0. The van der Waals surface area contributed by atoms with Gasteiger partial charge in [-0.25, -0.2) is 8.42 Å². The Kier molecular flexibility index (Phi) is 5.16. The molecule has 23 heavy (non-hydrogen) atoms. The van der Waals surface area contributed by atoms with Crippen LogP contribution in [0.1, 0.15) is 19.3 Å². The topological polar surface area (TPSA) is 54.5 Å². The molecule has 2 fully saturated rings. The summed E-state index contributed by atoms with van der Waals surface area (Å²) in [5, 5.41) is 1.14. The predicted molar refractivity (Wildman–Crippen MR) is 94.1 cm³/mol. The molecule has 2 aliphatic rings. The van der Waals surface area contributed by atoms with Crippen LogP contribution in [0.15, 0.2) is 23.1 Å².